The molecule has 0 amide bonds. The Morgan fingerprint density at radius 1 is 1.28 bits per heavy atom. The molecule has 1 unspecified atom stereocenters. The van der Waals surface area contributed by atoms with Crippen molar-refractivity contribution in [3.8, 4) is 11.5 Å². The minimum Gasteiger partial charge on any atom is -0.483 e. The number of halogens is 1. The molecule has 0 fully saturated rings. The van der Waals surface area contributed by atoms with Gasteiger partial charge in [-0.25, -0.2) is 0 Å². The molecule has 166 valence electrons. The average Bonchev–Trinajstić information content (AvgIpc) is 3.34. The second-order valence-electron chi connectivity index (χ2n) is 7.69. The van der Waals surface area contributed by atoms with Gasteiger partial charge in [0, 0.05) is 11.1 Å². The van der Waals surface area contributed by atoms with Crippen molar-refractivity contribution in [2.45, 2.75) is 38.3 Å². The lowest BCUT2D eigenvalue weighted by atomic mass is 10.0. The van der Waals surface area contributed by atoms with E-state index in [0.29, 0.717) is 10.8 Å². The summed E-state index contributed by atoms with van der Waals surface area (Å²) in [5, 5.41) is 14.0. The minimum atomic E-state index is -1.49. The molecule has 0 spiro atoms. The van der Waals surface area contributed by atoms with Crippen molar-refractivity contribution in [2.24, 2.45) is 5.73 Å². The molecule has 1 aliphatic rings. The Balaban J connectivity index is 1.54. The molecule has 0 bridgehead atoms. The number of carbonyl (C=O) groups is 1. The van der Waals surface area contributed by atoms with Crippen LogP contribution in [0.15, 0.2) is 42.5 Å². The molecule has 4 rings (SSSR count). The predicted octanol–water partition coefficient (Wildman–Crippen LogP) is 4.06. The smallest absolute Gasteiger partial charge is 0.257 e. The van der Waals surface area contributed by atoms with E-state index in [1.807, 2.05) is 12.1 Å². The average molecular weight is 454 g/mol. The number of nitrogens with zero attached hydrogens (tertiary/aromatic N) is 3. The summed E-state index contributed by atoms with van der Waals surface area (Å²) < 4.78 is 11.7. The van der Waals surface area contributed by atoms with E-state index in [-0.39, 0.29) is 29.5 Å². The van der Waals surface area contributed by atoms with Crippen LogP contribution in [0.4, 0.5) is 0 Å². The number of hydrogen-bond donors (Lipinski definition) is 2. The Kier molecular flexibility index (Phi) is 6.53. The van der Waals surface area contributed by atoms with Crippen LogP contribution in [0.25, 0.3) is 6.08 Å². The van der Waals surface area contributed by atoms with E-state index in [9.17, 15) is 4.79 Å². The molecule has 2 aromatic carbocycles. The molecule has 0 aliphatic carbocycles. The maximum Gasteiger partial charge on any atom is 0.257 e. The van der Waals surface area contributed by atoms with E-state index in [4.69, 9.17) is 26.8 Å². The molecule has 2 heterocycles. The van der Waals surface area contributed by atoms with Gasteiger partial charge in [0.05, 0.1) is 5.56 Å². The number of aromatic nitrogens is 4. The van der Waals surface area contributed by atoms with Crippen LogP contribution in [0.2, 0.25) is 5.02 Å². The molecule has 32 heavy (non-hydrogen) atoms. The van der Waals surface area contributed by atoms with Gasteiger partial charge in [0.1, 0.15) is 6.61 Å². The number of fused-ring (bicyclic) bond motifs is 1. The van der Waals surface area contributed by atoms with Crippen molar-refractivity contribution >= 4 is 23.5 Å². The first-order valence-electron chi connectivity index (χ1n) is 10.5. The highest BCUT2D eigenvalue weighted by Gasteiger charge is 2.41. The van der Waals surface area contributed by atoms with Crippen molar-refractivity contribution in [3.63, 3.8) is 0 Å². The number of benzene rings is 2. The molecule has 1 atom stereocenters. The van der Waals surface area contributed by atoms with E-state index in [1.54, 1.807) is 12.1 Å². The zero-order chi connectivity index (χ0) is 22.6. The molecule has 1 aliphatic heterocycles. The van der Waals surface area contributed by atoms with Crippen LogP contribution in [0, 0.1) is 0 Å². The first kappa shape index (κ1) is 22.0. The molecular formula is C23H24ClN5O3. The highest BCUT2D eigenvalue weighted by Crippen LogP contribution is 2.41. The van der Waals surface area contributed by atoms with E-state index < -0.39 is 5.72 Å². The van der Waals surface area contributed by atoms with Gasteiger partial charge in [0.25, 0.3) is 5.72 Å². The number of ether oxygens (including phenoxy) is 2. The summed E-state index contributed by atoms with van der Waals surface area (Å²) in [6.07, 6.45) is 7.89. The Labute approximate surface area is 190 Å². The van der Waals surface area contributed by atoms with Gasteiger partial charge >= 0.3 is 0 Å². The zero-order valence-electron chi connectivity index (χ0n) is 17.7. The van der Waals surface area contributed by atoms with Gasteiger partial charge in [0.15, 0.2) is 17.3 Å². The largest absolute Gasteiger partial charge is 0.483 e. The highest BCUT2D eigenvalue weighted by atomic mass is 35.5. The van der Waals surface area contributed by atoms with Crippen molar-refractivity contribution < 1.29 is 14.3 Å². The van der Waals surface area contributed by atoms with Crippen molar-refractivity contribution in [2.75, 3.05) is 6.61 Å². The summed E-state index contributed by atoms with van der Waals surface area (Å²) in [7, 11) is 0. The molecule has 0 radical (unpaired) electrons. The Morgan fingerprint density at radius 2 is 2.09 bits per heavy atom. The van der Waals surface area contributed by atoms with Crippen LogP contribution < -0.4 is 15.2 Å². The van der Waals surface area contributed by atoms with E-state index in [2.05, 4.69) is 39.7 Å². The monoisotopic (exact) mass is 453 g/mol. The Bertz CT molecular complexity index is 1120. The number of hydrogen-bond acceptors (Lipinski definition) is 7. The molecule has 0 saturated carbocycles. The summed E-state index contributed by atoms with van der Waals surface area (Å²) >= 11 is 6.20. The first-order valence-corrected chi connectivity index (χ1v) is 10.9. The number of aromatic amines is 1. The topological polar surface area (TPSA) is 116 Å². The first-order chi connectivity index (χ1) is 15.5. The second kappa shape index (κ2) is 9.50. The lowest BCUT2D eigenvalue weighted by molar-refractivity contribution is -0.0154. The van der Waals surface area contributed by atoms with Crippen LogP contribution >= 0.6 is 11.6 Å². The lowest BCUT2D eigenvalue weighted by Crippen LogP contribution is -2.51. The third kappa shape index (κ3) is 4.81. The number of allylic oxidation sites excluding steroid dienone is 1. The van der Waals surface area contributed by atoms with E-state index in [1.165, 1.54) is 37.0 Å². The molecule has 8 nitrogen and oxygen atoms in total. The molecular weight excluding hydrogens is 430 g/mol. The van der Waals surface area contributed by atoms with Gasteiger partial charge in [-0.05, 0) is 41.3 Å². The van der Waals surface area contributed by atoms with Gasteiger partial charge in [0.2, 0.25) is 5.82 Å². The molecule has 0 saturated heterocycles. The molecule has 3 aromatic rings. The number of rotatable bonds is 8. The third-order valence-electron chi connectivity index (χ3n) is 5.21. The maximum absolute atomic E-state index is 13.0. The maximum atomic E-state index is 13.0. The lowest BCUT2D eigenvalue weighted by Gasteiger charge is -2.33. The van der Waals surface area contributed by atoms with E-state index >= 15 is 0 Å². The third-order valence-corrected chi connectivity index (χ3v) is 5.43. The van der Waals surface area contributed by atoms with Crippen LogP contribution in [0.3, 0.4) is 0 Å². The minimum absolute atomic E-state index is 0.0616. The number of unbranched alkanes of at least 4 members (excludes halogenated alkanes) is 2. The second-order valence-corrected chi connectivity index (χ2v) is 8.13. The standard InChI is InChI=1S/C23H24ClN5O3/c1-2-3-4-5-15-6-8-16(9-7-15)10-11-19(30)18-12-17(24)13-20-21(18)32-23(25,14-31-20)22-26-28-29-27-22/h6-13H,2-5,14,25H2,1H3,(H,26,27,28,29). The van der Waals surface area contributed by atoms with Crippen molar-refractivity contribution in [1.82, 2.24) is 20.6 Å². The zero-order valence-corrected chi connectivity index (χ0v) is 18.4. The number of aryl methyl sites for hydroxylation is 1. The number of H-pyrrole nitrogens is 1. The van der Waals surface area contributed by atoms with Gasteiger partial charge < -0.3 is 9.47 Å². The summed E-state index contributed by atoms with van der Waals surface area (Å²) in [5.41, 5.74) is 7.23. The predicted molar refractivity (Wildman–Crippen MR) is 121 cm³/mol. The van der Waals surface area contributed by atoms with Gasteiger partial charge in [-0.1, -0.05) is 61.7 Å². The summed E-state index contributed by atoms with van der Waals surface area (Å²) in [6.45, 7) is 2.13. The normalized spacial score (nSPS) is 17.6. The van der Waals surface area contributed by atoms with Gasteiger partial charge in [-0.2, -0.15) is 5.21 Å². The number of carbonyl (C=O) groups excluding carboxylic acids is 1. The van der Waals surface area contributed by atoms with Crippen LogP contribution in [0.1, 0.15) is 53.5 Å². The van der Waals surface area contributed by atoms with Crippen molar-refractivity contribution in [1.29, 1.82) is 0 Å². The number of ketones is 1. The number of nitrogens with one attached hydrogen (secondary N) is 1. The summed E-state index contributed by atoms with van der Waals surface area (Å²) in [4.78, 5) is 13.0. The fraction of sp³-hybridized carbons (Fsp3) is 0.304. The molecule has 1 aromatic heterocycles. The van der Waals surface area contributed by atoms with Crippen LogP contribution in [-0.4, -0.2) is 33.0 Å². The highest BCUT2D eigenvalue weighted by molar-refractivity contribution is 6.31. The number of nitrogens with two attached hydrogens (primary N) is 1. The Hall–Kier alpha value is -3.23. The fourth-order valence-corrected chi connectivity index (χ4v) is 3.66. The fourth-order valence-electron chi connectivity index (χ4n) is 3.45. The SMILES string of the molecule is CCCCCc1ccc(C=CC(=O)c2cc(Cl)cc3c2OC(N)(c2nn[nH]n2)CO3)cc1. The number of tetrazole rings is 1. The summed E-state index contributed by atoms with van der Waals surface area (Å²) in [6, 6.07) is 11.3. The quantitative estimate of drug-likeness (QED) is 0.300. The van der Waals surface area contributed by atoms with Gasteiger partial charge in [-0.3, -0.25) is 10.5 Å². The van der Waals surface area contributed by atoms with Crippen LogP contribution in [0.5, 0.6) is 11.5 Å². The van der Waals surface area contributed by atoms with Gasteiger partial charge in [-0.15, -0.1) is 10.2 Å². The van der Waals surface area contributed by atoms with E-state index in [0.717, 1.165) is 12.0 Å². The molecule has 3 N–H and O–H groups in total. The van der Waals surface area contributed by atoms with Crippen molar-refractivity contribution in [3.05, 3.63) is 70.0 Å². The summed E-state index contributed by atoms with van der Waals surface area (Å²) in [5.74, 6) is 0.340. The molecule has 9 heteroatoms. The van der Waals surface area contributed by atoms with Crippen LogP contribution in [-0.2, 0) is 12.1 Å². The Morgan fingerprint density at radius 3 is 2.81 bits per heavy atom.